The highest BCUT2D eigenvalue weighted by Gasteiger charge is 2.25. The van der Waals surface area contributed by atoms with Crippen molar-refractivity contribution in [2.45, 2.75) is 32.0 Å². The van der Waals surface area contributed by atoms with E-state index in [4.69, 9.17) is 0 Å². The van der Waals surface area contributed by atoms with Crippen LogP contribution in [0.5, 0.6) is 5.75 Å². The lowest BCUT2D eigenvalue weighted by atomic mass is 10.1. The fourth-order valence-electron chi connectivity index (χ4n) is 2.54. The molecule has 1 heterocycles. The zero-order valence-electron chi connectivity index (χ0n) is 11.3. The molecule has 0 aromatic heterocycles. The van der Waals surface area contributed by atoms with Crippen LogP contribution >= 0.6 is 0 Å². The summed E-state index contributed by atoms with van der Waals surface area (Å²) in [5.41, 5.74) is 1.01. The van der Waals surface area contributed by atoms with Crippen LogP contribution in [0.25, 0.3) is 0 Å². The molecule has 1 aromatic carbocycles. The zero-order valence-corrected chi connectivity index (χ0v) is 11.3. The molecule has 2 atom stereocenters. The van der Waals surface area contributed by atoms with Crippen LogP contribution in [0.2, 0.25) is 0 Å². The van der Waals surface area contributed by atoms with Gasteiger partial charge in [-0.3, -0.25) is 4.90 Å². The third kappa shape index (κ3) is 3.64. The van der Waals surface area contributed by atoms with E-state index >= 15 is 0 Å². The Bertz CT molecular complexity index is 414. The molecular weight excluding hydrogens is 250 g/mol. The lowest BCUT2D eigenvalue weighted by Crippen LogP contribution is -2.31. The van der Waals surface area contributed by atoms with E-state index in [0.29, 0.717) is 6.04 Å². The van der Waals surface area contributed by atoms with E-state index in [0.717, 1.165) is 25.1 Å². The van der Waals surface area contributed by atoms with Gasteiger partial charge in [0.1, 0.15) is 5.75 Å². The molecule has 5 heteroatoms. The summed E-state index contributed by atoms with van der Waals surface area (Å²) in [6.45, 7) is 1.33. The molecule has 1 aliphatic heterocycles. The summed E-state index contributed by atoms with van der Waals surface area (Å²) in [5.74, 6) is 0.226. The van der Waals surface area contributed by atoms with Crippen molar-refractivity contribution in [2.24, 2.45) is 0 Å². The number of likely N-dealkylation sites (tertiary alicyclic amines) is 1. The number of nitrogens with one attached hydrogen (secondary N) is 1. The Hall–Kier alpha value is -1.20. The van der Waals surface area contributed by atoms with Crippen LogP contribution in [0.1, 0.15) is 24.9 Å². The van der Waals surface area contributed by atoms with Gasteiger partial charge in [0, 0.05) is 25.2 Å². The molecule has 1 aromatic rings. The van der Waals surface area contributed by atoms with Crippen molar-refractivity contribution in [3.8, 4) is 5.75 Å². The van der Waals surface area contributed by atoms with Gasteiger partial charge in [-0.2, -0.15) is 8.78 Å². The fourth-order valence-corrected chi connectivity index (χ4v) is 2.54. The van der Waals surface area contributed by atoms with Gasteiger partial charge >= 0.3 is 6.61 Å². The first-order valence-electron chi connectivity index (χ1n) is 6.56. The normalized spacial score (nSPS) is 21.8. The minimum Gasteiger partial charge on any atom is -0.435 e. The Morgan fingerprint density at radius 1 is 1.42 bits per heavy atom. The lowest BCUT2D eigenvalue weighted by Gasteiger charge is -2.25. The van der Waals surface area contributed by atoms with Gasteiger partial charge < -0.3 is 10.1 Å². The summed E-state index contributed by atoms with van der Waals surface area (Å²) in [5, 5.41) is 3.27. The molecule has 0 saturated carbocycles. The van der Waals surface area contributed by atoms with E-state index in [1.165, 1.54) is 0 Å². The molecule has 106 valence electrons. The summed E-state index contributed by atoms with van der Waals surface area (Å²) < 4.78 is 28.9. The average Bonchev–Trinajstić information content (AvgIpc) is 2.86. The van der Waals surface area contributed by atoms with Crippen molar-refractivity contribution in [2.75, 3.05) is 20.1 Å². The van der Waals surface area contributed by atoms with E-state index in [-0.39, 0.29) is 11.8 Å². The molecule has 0 aliphatic carbocycles. The molecule has 0 spiro atoms. The molecule has 3 nitrogen and oxygen atoms in total. The molecule has 1 aliphatic rings. The van der Waals surface area contributed by atoms with Crippen molar-refractivity contribution >= 4 is 0 Å². The van der Waals surface area contributed by atoms with Gasteiger partial charge in [-0.15, -0.1) is 0 Å². The molecule has 2 rings (SSSR count). The van der Waals surface area contributed by atoms with Crippen molar-refractivity contribution < 1.29 is 13.5 Å². The average molecular weight is 270 g/mol. The second-order valence-electron chi connectivity index (χ2n) is 4.90. The highest BCUT2D eigenvalue weighted by Crippen LogP contribution is 2.27. The molecule has 0 amide bonds. The fraction of sp³-hybridized carbons (Fsp3) is 0.571. The minimum atomic E-state index is -2.77. The van der Waals surface area contributed by atoms with Crippen LogP contribution in [0.15, 0.2) is 24.3 Å². The number of ether oxygens (including phenoxy) is 1. The second-order valence-corrected chi connectivity index (χ2v) is 4.90. The van der Waals surface area contributed by atoms with Gasteiger partial charge in [0.05, 0.1) is 0 Å². The number of benzene rings is 1. The van der Waals surface area contributed by atoms with Gasteiger partial charge in [0.15, 0.2) is 0 Å². The molecule has 0 bridgehead atoms. The van der Waals surface area contributed by atoms with Crippen LogP contribution in [-0.4, -0.2) is 37.7 Å². The van der Waals surface area contributed by atoms with Crippen LogP contribution in [0.4, 0.5) is 8.78 Å². The maximum atomic E-state index is 12.2. The number of halogens is 2. The Labute approximate surface area is 112 Å². The predicted octanol–water partition coefficient (Wildman–Crippen LogP) is 2.64. The number of hydrogen-bond acceptors (Lipinski definition) is 3. The van der Waals surface area contributed by atoms with E-state index in [2.05, 4.69) is 21.9 Å². The summed E-state index contributed by atoms with van der Waals surface area (Å²) >= 11 is 0. The molecule has 1 fully saturated rings. The summed E-state index contributed by atoms with van der Waals surface area (Å²) in [6.07, 6.45) is 1.12. The summed E-state index contributed by atoms with van der Waals surface area (Å²) in [6, 6.07) is 7.69. The number of alkyl halides is 2. The maximum Gasteiger partial charge on any atom is 0.387 e. The van der Waals surface area contributed by atoms with E-state index in [1.807, 2.05) is 13.1 Å². The third-order valence-electron chi connectivity index (χ3n) is 3.74. The molecule has 1 N–H and O–H groups in total. The van der Waals surface area contributed by atoms with Gasteiger partial charge in [-0.25, -0.2) is 0 Å². The molecule has 2 unspecified atom stereocenters. The van der Waals surface area contributed by atoms with E-state index in [9.17, 15) is 8.78 Å². The van der Waals surface area contributed by atoms with Crippen molar-refractivity contribution in [3.63, 3.8) is 0 Å². The van der Waals surface area contributed by atoms with Gasteiger partial charge in [-0.1, -0.05) is 12.1 Å². The molecule has 1 saturated heterocycles. The first kappa shape index (κ1) is 14.2. The Balaban J connectivity index is 2.04. The maximum absolute atomic E-state index is 12.2. The lowest BCUT2D eigenvalue weighted by molar-refractivity contribution is -0.0499. The topological polar surface area (TPSA) is 24.5 Å². The minimum absolute atomic E-state index is 0.208. The van der Waals surface area contributed by atoms with Crippen molar-refractivity contribution in [1.29, 1.82) is 0 Å². The van der Waals surface area contributed by atoms with Gasteiger partial charge in [-0.05, 0) is 38.1 Å². The smallest absolute Gasteiger partial charge is 0.387 e. The first-order valence-corrected chi connectivity index (χ1v) is 6.56. The molecule has 19 heavy (non-hydrogen) atoms. The number of likely N-dealkylation sites (N-methyl/N-ethyl adjacent to an activating group) is 1. The van der Waals surface area contributed by atoms with Crippen LogP contribution in [0.3, 0.4) is 0 Å². The Morgan fingerprint density at radius 2 is 2.21 bits per heavy atom. The van der Waals surface area contributed by atoms with Gasteiger partial charge in [0.2, 0.25) is 0 Å². The third-order valence-corrected chi connectivity index (χ3v) is 3.74. The van der Waals surface area contributed by atoms with Crippen molar-refractivity contribution in [3.05, 3.63) is 29.8 Å². The number of hydrogen-bond donors (Lipinski definition) is 1. The summed E-state index contributed by atoms with van der Waals surface area (Å²) in [4.78, 5) is 2.35. The second kappa shape index (κ2) is 6.30. The Morgan fingerprint density at radius 3 is 2.84 bits per heavy atom. The van der Waals surface area contributed by atoms with E-state index < -0.39 is 6.61 Å². The standard InChI is InChI=1S/C14H20F2N2O/c1-10(18-7-6-12(9-18)17-2)11-4-3-5-13(8-11)19-14(15)16/h3-5,8,10,12,14,17H,6-7,9H2,1-2H3. The predicted molar refractivity (Wildman–Crippen MR) is 70.5 cm³/mol. The molecule has 0 radical (unpaired) electrons. The SMILES string of the molecule is CNC1CCN(C(C)c2cccc(OC(F)F)c2)C1. The van der Waals surface area contributed by atoms with Crippen LogP contribution in [0, 0.1) is 0 Å². The van der Waals surface area contributed by atoms with Crippen LogP contribution in [-0.2, 0) is 0 Å². The Kier molecular flexibility index (Phi) is 4.71. The first-order chi connectivity index (χ1) is 9.10. The van der Waals surface area contributed by atoms with E-state index in [1.54, 1.807) is 18.2 Å². The molecular formula is C14H20F2N2O. The van der Waals surface area contributed by atoms with Crippen molar-refractivity contribution in [1.82, 2.24) is 10.2 Å². The van der Waals surface area contributed by atoms with Crippen LogP contribution < -0.4 is 10.1 Å². The zero-order chi connectivity index (χ0) is 13.8. The number of nitrogens with zero attached hydrogens (tertiary/aromatic N) is 1. The highest BCUT2D eigenvalue weighted by molar-refractivity contribution is 5.30. The van der Waals surface area contributed by atoms with Gasteiger partial charge in [0.25, 0.3) is 0 Å². The summed E-state index contributed by atoms with van der Waals surface area (Å²) in [7, 11) is 1.97. The highest BCUT2D eigenvalue weighted by atomic mass is 19.3. The monoisotopic (exact) mass is 270 g/mol. The number of rotatable bonds is 5. The quantitative estimate of drug-likeness (QED) is 0.890. The largest absolute Gasteiger partial charge is 0.435 e.